The molecular weight excluding hydrogens is 458 g/mol. The predicted octanol–water partition coefficient (Wildman–Crippen LogP) is 3.09. The third-order valence-electron chi connectivity index (χ3n) is 5.91. The molecule has 0 unspecified atom stereocenters. The van der Waals surface area contributed by atoms with Crippen LogP contribution in [0.1, 0.15) is 35.6 Å². The van der Waals surface area contributed by atoms with E-state index in [2.05, 4.69) is 10.1 Å². The van der Waals surface area contributed by atoms with Gasteiger partial charge in [0, 0.05) is 18.3 Å². The number of hydrogen-bond donors (Lipinski definition) is 1. The molecule has 2 aromatic carbocycles. The summed E-state index contributed by atoms with van der Waals surface area (Å²) in [4.78, 5) is 19.4. The summed E-state index contributed by atoms with van der Waals surface area (Å²) in [5, 5.41) is 4.34. The van der Waals surface area contributed by atoms with E-state index in [1.807, 2.05) is 30.3 Å². The molecule has 1 aliphatic heterocycles. The number of fused-ring (bicyclic) bond motifs is 2. The third kappa shape index (κ3) is 4.05. The van der Waals surface area contributed by atoms with Crippen molar-refractivity contribution in [2.75, 3.05) is 6.54 Å². The second kappa shape index (κ2) is 8.69. The van der Waals surface area contributed by atoms with Crippen LogP contribution >= 0.6 is 11.3 Å². The molecule has 8 nitrogen and oxygen atoms in total. The average Bonchev–Trinajstić information content (AvgIpc) is 3.54. The number of carbonyl (C=O) groups excluding carboxylic acids is 1. The predicted molar refractivity (Wildman–Crippen MR) is 126 cm³/mol. The fraction of sp³-hybridized carbons (Fsp3) is 0.261. The van der Waals surface area contributed by atoms with Crippen molar-refractivity contribution >= 4 is 37.5 Å². The molecule has 170 valence electrons. The van der Waals surface area contributed by atoms with Gasteiger partial charge in [0.25, 0.3) is 10.0 Å². The van der Waals surface area contributed by atoms with E-state index >= 15 is 0 Å². The highest BCUT2D eigenvalue weighted by atomic mass is 32.2. The van der Waals surface area contributed by atoms with E-state index < -0.39 is 10.0 Å². The Morgan fingerprint density at radius 2 is 1.97 bits per heavy atom. The first kappa shape index (κ1) is 21.7. The number of hydrogen-bond acceptors (Lipinski definition) is 7. The van der Waals surface area contributed by atoms with Crippen molar-refractivity contribution in [3.8, 4) is 0 Å². The largest absolute Gasteiger partial charge is 0.332 e. The second-order valence-electron chi connectivity index (χ2n) is 8.05. The van der Waals surface area contributed by atoms with Crippen LogP contribution < -0.4 is 5.73 Å². The number of amides is 1. The fourth-order valence-corrected chi connectivity index (χ4v) is 6.16. The maximum Gasteiger partial charge on any atom is 0.283 e. The number of thiazole rings is 1. The summed E-state index contributed by atoms with van der Waals surface area (Å²) >= 11 is 1.39. The summed E-state index contributed by atoms with van der Waals surface area (Å²) in [6.07, 6.45) is 2.94. The van der Waals surface area contributed by atoms with Gasteiger partial charge in [0.1, 0.15) is 0 Å². The number of nitrogens with zero attached hydrogens (tertiary/aromatic N) is 4. The van der Waals surface area contributed by atoms with Gasteiger partial charge in [-0.15, -0.1) is 11.3 Å². The topological polar surface area (TPSA) is 111 Å². The fourth-order valence-electron chi connectivity index (χ4n) is 4.17. The SMILES string of the molecule is NCCC[C@@H](C(=O)N1Cc2cn(S(=O)(=O)c3ccc4ncsc4c3)nc2C1)c1ccccc1. The van der Waals surface area contributed by atoms with E-state index in [0.717, 1.165) is 31.9 Å². The molecule has 0 aliphatic carbocycles. The first-order valence-electron chi connectivity index (χ1n) is 10.7. The summed E-state index contributed by atoms with van der Waals surface area (Å²) < 4.78 is 28.1. The van der Waals surface area contributed by atoms with Gasteiger partial charge in [-0.25, -0.2) is 4.98 Å². The van der Waals surface area contributed by atoms with Crippen molar-refractivity contribution in [2.45, 2.75) is 36.7 Å². The van der Waals surface area contributed by atoms with Crippen LogP contribution in [-0.4, -0.2) is 39.9 Å². The number of aromatic nitrogens is 3. The zero-order valence-corrected chi connectivity index (χ0v) is 19.4. The molecule has 5 rings (SSSR count). The Balaban J connectivity index is 1.36. The Kier molecular flexibility index (Phi) is 5.73. The number of nitrogens with two attached hydrogens (primary N) is 1. The van der Waals surface area contributed by atoms with Crippen molar-refractivity contribution in [3.63, 3.8) is 0 Å². The lowest BCUT2D eigenvalue weighted by Crippen LogP contribution is -2.31. The Bertz CT molecular complexity index is 1390. The summed E-state index contributed by atoms with van der Waals surface area (Å²) in [5.74, 6) is -0.265. The Hall–Kier alpha value is -3.08. The molecule has 1 atom stereocenters. The van der Waals surface area contributed by atoms with Crippen molar-refractivity contribution in [2.24, 2.45) is 5.73 Å². The average molecular weight is 482 g/mol. The monoisotopic (exact) mass is 481 g/mol. The van der Waals surface area contributed by atoms with Crippen LogP contribution in [0.2, 0.25) is 0 Å². The van der Waals surface area contributed by atoms with Gasteiger partial charge in [-0.2, -0.15) is 17.6 Å². The van der Waals surface area contributed by atoms with Gasteiger partial charge in [0.05, 0.1) is 38.8 Å². The molecule has 33 heavy (non-hydrogen) atoms. The van der Waals surface area contributed by atoms with Crippen LogP contribution in [0, 0.1) is 0 Å². The second-order valence-corrected chi connectivity index (χ2v) is 10.7. The van der Waals surface area contributed by atoms with Crippen LogP contribution in [0.4, 0.5) is 0 Å². The van der Waals surface area contributed by atoms with E-state index in [4.69, 9.17) is 5.73 Å². The maximum absolute atomic E-state index is 13.3. The molecule has 0 saturated heterocycles. The first-order valence-corrected chi connectivity index (χ1v) is 13.0. The lowest BCUT2D eigenvalue weighted by Gasteiger charge is -2.23. The molecule has 1 amide bonds. The van der Waals surface area contributed by atoms with E-state index in [1.54, 1.807) is 28.6 Å². The molecule has 0 saturated carbocycles. The van der Waals surface area contributed by atoms with Gasteiger partial charge in [-0.3, -0.25) is 4.79 Å². The van der Waals surface area contributed by atoms with Gasteiger partial charge in [0.15, 0.2) is 0 Å². The molecule has 4 aromatic rings. The molecule has 0 radical (unpaired) electrons. The number of carbonyl (C=O) groups is 1. The molecule has 10 heteroatoms. The normalized spacial score (nSPS) is 14.5. The van der Waals surface area contributed by atoms with E-state index in [1.165, 1.54) is 17.5 Å². The van der Waals surface area contributed by atoms with E-state index in [9.17, 15) is 13.2 Å². The van der Waals surface area contributed by atoms with E-state index in [-0.39, 0.29) is 23.3 Å². The Labute approximate surface area is 195 Å². The van der Waals surface area contributed by atoms with Crippen LogP contribution in [-0.2, 0) is 27.9 Å². The molecule has 2 N–H and O–H groups in total. The lowest BCUT2D eigenvalue weighted by atomic mass is 9.93. The number of rotatable bonds is 7. The minimum atomic E-state index is -3.83. The third-order valence-corrected chi connectivity index (χ3v) is 8.23. The Morgan fingerprint density at radius 3 is 2.73 bits per heavy atom. The summed E-state index contributed by atoms with van der Waals surface area (Å²) in [5.41, 5.74) is 10.5. The first-order chi connectivity index (χ1) is 16.0. The number of benzene rings is 2. The van der Waals surface area contributed by atoms with Crippen molar-refractivity contribution in [3.05, 3.63) is 77.1 Å². The van der Waals surface area contributed by atoms with Crippen LogP contribution in [0.15, 0.2) is 65.1 Å². The van der Waals surface area contributed by atoms with Crippen molar-refractivity contribution < 1.29 is 13.2 Å². The van der Waals surface area contributed by atoms with Gasteiger partial charge in [0.2, 0.25) is 5.91 Å². The van der Waals surface area contributed by atoms with Gasteiger partial charge in [-0.1, -0.05) is 30.3 Å². The minimum absolute atomic E-state index is 0.0118. The van der Waals surface area contributed by atoms with E-state index in [0.29, 0.717) is 25.2 Å². The summed E-state index contributed by atoms with van der Waals surface area (Å²) in [6, 6.07) is 14.6. The summed E-state index contributed by atoms with van der Waals surface area (Å²) in [6.45, 7) is 1.15. The lowest BCUT2D eigenvalue weighted by molar-refractivity contribution is -0.133. The molecular formula is C23H23N5O3S2. The van der Waals surface area contributed by atoms with Gasteiger partial charge in [-0.05, 0) is 43.1 Å². The van der Waals surface area contributed by atoms with Crippen molar-refractivity contribution in [1.29, 1.82) is 0 Å². The highest BCUT2D eigenvalue weighted by molar-refractivity contribution is 7.89. The molecule has 2 aromatic heterocycles. The minimum Gasteiger partial charge on any atom is -0.332 e. The standard InChI is InChI=1S/C23H23N5O3S2/c24-10-4-7-19(16-5-2-1-3-6-16)23(29)27-12-17-13-28(26-21(17)14-27)33(30,31)18-8-9-20-22(11-18)32-15-25-20/h1-3,5-6,8-9,11,13,15,19H,4,7,10,12,14,24H2/t19-/m1/s1. The highest BCUT2D eigenvalue weighted by Gasteiger charge is 2.33. The van der Waals surface area contributed by atoms with Gasteiger partial charge < -0.3 is 10.6 Å². The maximum atomic E-state index is 13.3. The van der Waals surface area contributed by atoms with Crippen LogP contribution in [0.25, 0.3) is 10.2 Å². The molecule has 0 fully saturated rings. The smallest absolute Gasteiger partial charge is 0.283 e. The molecule has 1 aliphatic rings. The molecule has 0 bridgehead atoms. The highest BCUT2D eigenvalue weighted by Crippen LogP contribution is 2.30. The molecule has 0 spiro atoms. The van der Waals surface area contributed by atoms with Crippen molar-refractivity contribution in [1.82, 2.24) is 19.1 Å². The zero-order chi connectivity index (χ0) is 23.0. The zero-order valence-electron chi connectivity index (χ0n) is 17.8. The Morgan fingerprint density at radius 1 is 1.15 bits per heavy atom. The summed E-state index contributed by atoms with van der Waals surface area (Å²) in [7, 11) is -3.83. The quantitative estimate of drug-likeness (QED) is 0.434. The van der Waals surface area contributed by atoms with Gasteiger partial charge >= 0.3 is 0 Å². The van der Waals surface area contributed by atoms with Crippen LogP contribution in [0.5, 0.6) is 0 Å². The molecule has 3 heterocycles. The van der Waals surface area contributed by atoms with Crippen LogP contribution in [0.3, 0.4) is 0 Å².